The van der Waals surface area contributed by atoms with Crippen LogP contribution < -0.4 is 20.1 Å². The number of aromatic carboxylic acids is 1. The quantitative estimate of drug-likeness (QED) is 0.123. The molecule has 70 heavy (non-hydrogen) atoms. The van der Waals surface area contributed by atoms with Crippen LogP contribution in [0.2, 0.25) is 0 Å². The molecule has 3 aromatic rings. The third-order valence-electron chi connectivity index (χ3n) is 24.0. The third kappa shape index (κ3) is 5.83. The molecule has 0 atom stereocenters. The van der Waals surface area contributed by atoms with Crippen LogP contribution in [-0.4, -0.2) is 39.7 Å². The summed E-state index contributed by atoms with van der Waals surface area (Å²) in [7, 11) is 0. The predicted octanol–water partition coefficient (Wildman–Crippen LogP) is 14.0. The van der Waals surface area contributed by atoms with Gasteiger partial charge in [0, 0.05) is 77.2 Å². The highest BCUT2D eigenvalue weighted by Crippen LogP contribution is 2.70. The fourth-order valence-electron chi connectivity index (χ4n) is 15.9. The lowest BCUT2D eigenvalue weighted by Gasteiger charge is -2.73. The van der Waals surface area contributed by atoms with E-state index < -0.39 is 5.97 Å². The van der Waals surface area contributed by atoms with Crippen LogP contribution in [0.15, 0.2) is 18.2 Å². The van der Waals surface area contributed by atoms with Gasteiger partial charge in [0.25, 0.3) is 6.47 Å². The van der Waals surface area contributed by atoms with Crippen molar-refractivity contribution in [2.75, 3.05) is 4.90 Å². The van der Waals surface area contributed by atoms with Crippen LogP contribution in [0.5, 0.6) is 0 Å². The zero-order chi connectivity index (χ0) is 52.9. The average Bonchev–Trinajstić information content (AvgIpc) is 3.20. The van der Waals surface area contributed by atoms with Crippen LogP contribution in [0.4, 0.5) is 5.69 Å². The van der Waals surface area contributed by atoms with Crippen molar-refractivity contribution < 1.29 is 19.4 Å². The van der Waals surface area contributed by atoms with Gasteiger partial charge in [0.2, 0.25) is 5.36 Å². The lowest BCUT2D eigenvalue weighted by molar-refractivity contribution is -0.129. The van der Waals surface area contributed by atoms with Crippen molar-refractivity contribution in [3.8, 4) is 0 Å². The largest absolute Gasteiger partial charge is 0.478 e. The molecule has 0 aromatic heterocycles. The van der Waals surface area contributed by atoms with Crippen LogP contribution in [0.3, 0.4) is 0 Å². The second kappa shape index (κ2) is 15.3. The minimum Gasteiger partial charge on any atom is -0.478 e. The van der Waals surface area contributed by atoms with Gasteiger partial charge < -0.3 is 22.2 Å². The summed E-state index contributed by atoms with van der Waals surface area (Å²) >= 11 is 0. The first-order valence-corrected chi connectivity index (χ1v) is 26.3. The molecule has 0 bridgehead atoms. The molecule has 0 unspecified atom stereocenters. The van der Waals surface area contributed by atoms with Crippen molar-refractivity contribution in [2.45, 2.75) is 251 Å². The number of benzene rings is 3. The Balaban J connectivity index is 0.00000264. The van der Waals surface area contributed by atoms with Gasteiger partial charge in [0.15, 0.2) is 11.1 Å². The highest BCUT2D eigenvalue weighted by Gasteiger charge is 2.71. The minimum absolute atomic E-state index is 0. The number of fused-ring (bicyclic) bond motifs is 4. The van der Waals surface area contributed by atoms with Crippen molar-refractivity contribution in [1.29, 1.82) is 0 Å². The number of hydrogen-bond acceptors (Lipinski definition) is 4. The Bertz CT molecular complexity index is 2880. The summed E-state index contributed by atoms with van der Waals surface area (Å²) < 4.78 is 8.30. The Morgan fingerprint density at radius 1 is 0.629 bits per heavy atom. The second-order valence-corrected chi connectivity index (χ2v) is 28.2. The van der Waals surface area contributed by atoms with Crippen LogP contribution in [0.25, 0.3) is 5.57 Å². The van der Waals surface area contributed by atoms with E-state index in [4.69, 9.17) is 4.74 Å². The van der Waals surface area contributed by atoms with Crippen LogP contribution in [-0.2, 0) is 44.2 Å². The topological polar surface area (TPSA) is 69.9 Å². The second-order valence-electron chi connectivity index (χ2n) is 28.2. The Labute approximate surface area is 426 Å². The molecule has 0 saturated heterocycles. The molecule has 4 heterocycles. The molecule has 386 valence electrons. The van der Waals surface area contributed by atoms with Gasteiger partial charge in [0.05, 0.1) is 5.56 Å². The normalized spacial score (nSPS) is 24.5. The molecule has 1 aliphatic carbocycles. The van der Waals surface area contributed by atoms with E-state index >= 15 is 0 Å². The standard InChI is InChI=1S/C61H86N2O4.C2H6.CH3/c1-33-40-38(45-47-43(33)50(3,4)54(11,12)58(19,20)62(47)60(23,24)56(15,16)52(45,7)8)30-39-41(42(40)37-29-35(31-67-32-64)27-28-36(37)49(65)66)34(2)44-48-46(39)53(9,10)57(17,18)61(25,26)63(48)59(21,22)55(13,14)51(44,5)6;1-2;/h27-29,32H,30-31H2,1-26H3;1-2H3;1H3/q;;-1/p+1. The number of carboxylic acids is 1. The predicted molar refractivity (Wildman–Crippen MR) is 295 cm³/mol. The zero-order valence-electron chi connectivity index (χ0n) is 49.8. The van der Waals surface area contributed by atoms with E-state index in [0.717, 1.165) is 17.6 Å². The number of carbonyl (C=O) groups is 2. The number of hydrogen-bond donors (Lipinski definition) is 1. The summed E-state index contributed by atoms with van der Waals surface area (Å²) in [5, 5.41) is 14.0. The maximum absolute atomic E-state index is 13.9. The fraction of sp³-hybridized carbons (Fsp3) is 0.656. The monoisotopic (exact) mass is 957 g/mol. The Morgan fingerprint density at radius 2 is 1.07 bits per heavy atom. The Kier molecular flexibility index (Phi) is 12.1. The zero-order valence-corrected chi connectivity index (χ0v) is 49.8. The molecule has 5 aliphatic rings. The smallest absolute Gasteiger partial charge is 0.336 e. The Morgan fingerprint density at radius 3 is 1.53 bits per heavy atom. The van der Waals surface area contributed by atoms with E-state index in [2.05, 4.69) is 189 Å². The van der Waals surface area contributed by atoms with Gasteiger partial charge in [-0.15, -0.1) is 0 Å². The van der Waals surface area contributed by atoms with Crippen LogP contribution in [0, 0.1) is 42.9 Å². The molecule has 4 aliphatic heterocycles. The summed E-state index contributed by atoms with van der Waals surface area (Å²) in [6, 6.07) is 5.59. The molecule has 0 saturated carbocycles. The maximum atomic E-state index is 13.9. The Hall–Kier alpha value is -3.93. The van der Waals surface area contributed by atoms with Gasteiger partial charge in [-0.1, -0.05) is 131 Å². The first-order valence-electron chi connectivity index (χ1n) is 26.3. The molecule has 1 N–H and O–H groups in total. The lowest BCUT2D eigenvalue weighted by atomic mass is 9.44. The van der Waals surface area contributed by atoms with Gasteiger partial charge in [-0.25, -0.2) is 9.37 Å². The molecule has 8 rings (SSSR count). The molecule has 0 radical (unpaired) electrons. The number of ether oxygens (including phenoxy) is 1. The average molecular weight is 957 g/mol. The number of carbonyl (C=O) groups excluding carboxylic acids is 1. The molecule has 6 heteroatoms. The van der Waals surface area contributed by atoms with E-state index in [1.54, 1.807) is 6.07 Å². The van der Waals surface area contributed by atoms with E-state index in [9.17, 15) is 14.7 Å². The van der Waals surface area contributed by atoms with E-state index in [1.165, 1.54) is 66.3 Å². The first-order chi connectivity index (χ1) is 31.0. The van der Waals surface area contributed by atoms with Crippen molar-refractivity contribution in [3.63, 3.8) is 0 Å². The first kappa shape index (κ1) is 55.4. The molecule has 3 aromatic carbocycles. The van der Waals surface area contributed by atoms with Gasteiger partial charge >= 0.3 is 5.97 Å². The number of anilines is 1. The molecular formula is C64H96N2O4. The van der Waals surface area contributed by atoms with Gasteiger partial charge in [0.1, 0.15) is 6.61 Å². The van der Waals surface area contributed by atoms with E-state index in [0.29, 0.717) is 12.0 Å². The highest BCUT2D eigenvalue weighted by molar-refractivity contribution is 6.00. The van der Waals surface area contributed by atoms with Gasteiger partial charge in [-0.05, 0) is 143 Å². The minimum atomic E-state index is -0.969. The number of rotatable bonds is 5. The van der Waals surface area contributed by atoms with Gasteiger partial charge in [-0.2, -0.15) is 0 Å². The molecule has 0 fully saturated rings. The summed E-state index contributed by atoms with van der Waals surface area (Å²) in [6.45, 7) is 68.8. The van der Waals surface area contributed by atoms with Crippen molar-refractivity contribution >= 4 is 23.7 Å². The number of carboxylic acid groups (broad SMARTS) is 1. The summed E-state index contributed by atoms with van der Waals surface area (Å²) in [4.78, 5) is 28.5. The molecular weight excluding hydrogens is 861 g/mol. The van der Waals surface area contributed by atoms with E-state index in [-0.39, 0.29) is 85.1 Å². The lowest BCUT2D eigenvalue weighted by Crippen LogP contribution is -2.79. The van der Waals surface area contributed by atoms with Crippen LogP contribution in [0.1, 0.15) is 252 Å². The third-order valence-corrected chi connectivity index (χ3v) is 24.0. The van der Waals surface area contributed by atoms with Crippen molar-refractivity contribution in [3.05, 3.63) is 103 Å². The molecule has 6 nitrogen and oxygen atoms in total. The summed E-state index contributed by atoms with van der Waals surface area (Å²) in [6.07, 6.45) is 0.730. The van der Waals surface area contributed by atoms with E-state index in [1.807, 2.05) is 26.0 Å². The SMILES string of the molecule is CC.Cc1c2c(c3c4c1C(C)(C)C(C)(C)C(C)(C)N4C(C)(C)C(C)(C)C3(C)C)Cc1c3c4c(c(C)c1=C2c1cc(COC=O)ccc1C(=O)O)C(C)(C)C(C)(C)C(C)(C)[N+]=4C(C)(C)C(C)(C)C3(C)C.[CH3-]. The number of nitrogens with zero attached hydrogens (tertiary/aromatic N) is 2. The van der Waals surface area contributed by atoms with Gasteiger partial charge in [-0.3, -0.25) is 4.79 Å². The van der Waals surface area contributed by atoms with Crippen LogP contribution >= 0.6 is 0 Å². The highest BCUT2D eigenvalue weighted by atomic mass is 16.5. The molecule has 0 amide bonds. The molecule has 0 spiro atoms. The maximum Gasteiger partial charge on any atom is 0.336 e. The van der Waals surface area contributed by atoms with Crippen molar-refractivity contribution in [1.82, 2.24) is 4.58 Å². The fourth-order valence-corrected chi connectivity index (χ4v) is 15.9. The summed E-state index contributed by atoms with van der Waals surface area (Å²) in [5.41, 5.74) is 12.9. The van der Waals surface area contributed by atoms with Crippen molar-refractivity contribution in [2.24, 2.45) is 21.7 Å². The summed E-state index contributed by atoms with van der Waals surface area (Å²) in [5.74, 6) is -0.969.